The molecule has 0 aliphatic carbocycles. The SMILES string of the molecule is CCC(Oc1ccccc1C)C(=O)NC1CCCNC1. The molecule has 1 amide bonds. The number of piperidine rings is 1. The van der Waals surface area contributed by atoms with Crippen molar-refractivity contribution in [2.75, 3.05) is 13.1 Å². The first-order chi connectivity index (χ1) is 9.70. The average Bonchev–Trinajstić information content (AvgIpc) is 2.47. The Labute approximate surface area is 120 Å². The summed E-state index contributed by atoms with van der Waals surface area (Å²) in [6, 6.07) is 8.03. The van der Waals surface area contributed by atoms with Crippen LogP contribution in [0.25, 0.3) is 0 Å². The smallest absolute Gasteiger partial charge is 0.261 e. The lowest BCUT2D eigenvalue weighted by Crippen LogP contribution is -2.49. The number of carbonyl (C=O) groups is 1. The van der Waals surface area contributed by atoms with Gasteiger partial charge in [0.1, 0.15) is 5.75 Å². The number of aryl methyl sites for hydroxylation is 1. The van der Waals surface area contributed by atoms with Gasteiger partial charge in [0.05, 0.1) is 0 Å². The lowest BCUT2D eigenvalue weighted by molar-refractivity contribution is -0.129. The molecule has 2 N–H and O–H groups in total. The molecule has 0 radical (unpaired) electrons. The summed E-state index contributed by atoms with van der Waals surface area (Å²) in [4.78, 5) is 12.3. The molecule has 1 aliphatic heterocycles. The van der Waals surface area contributed by atoms with Crippen molar-refractivity contribution in [3.05, 3.63) is 29.8 Å². The van der Waals surface area contributed by atoms with Gasteiger partial charge in [-0.05, 0) is 44.4 Å². The van der Waals surface area contributed by atoms with E-state index in [1.807, 2.05) is 38.1 Å². The van der Waals surface area contributed by atoms with Gasteiger partial charge in [-0.25, -0.2) is 0 Å². The van der Waals surface area contributed by atoms with E-state index in [9.17, 15) is 4.79 Å². The lowest BCUT2D eigenvalue weighted by Gasteiger charge is -2.26. The van der Waals surface area contributed by atoms with E-state index in [1.165, 1.54) is 0 Å². The molecule has 20 heavy (non-hydrogen) atoms. The third kappa shape index (κ3) is 3.97. The van der Waals surface area contributed by atoms with Gasteiger partial charge in [0.2, 0.25) is 0 Å². The fraction of sp³-hybridized carbons (Fsp3) is 0.562. The molecule has 1 aromatic rings. The van der Waals surface area contributed by atoms with Crippen LogP contribution in [0.1, 0.15) is 31.7 Å². The Kier molecular flexibility index (Phi) is 5.41. The van der Waals surface area contributed by atoms with Crippen molar-refractivity contribution >= 4 is 5.91 Å². The molecule has 1 fully saturated rings. The summed E-state index contributed by atoms with van der Waals surface area (Å²) in [5.74, 6) is 0.778. The predicted molar refractivity (Wildman–Crippen MR) is 79.9 cm³/mol. The molecular formula is C16H24N2O2. The molecule has 1 aliphatic rings. The van der Waals surface area contributed by atoms with Gasteiger partial charge in [0.15, 0.2) is 6.10 Å². The van der Waals surface area contributed by atoms with Gasteiger partial charge in [0, 0.05) is 12.6 Å². The van der Waals surface area contributed by atoms with Crippen LogP contribution in [0.4, 0.5) is 0 Å². The highest BCUT2D eigenvalue weighted by Gasteiger charge is 2.23. The average molecular weight is 276 g/mol. The van der Waals surface area contributed by atoms with Crippen LogP contribution in [-0.4, -0.2) is 31.1 Å². The normalized spacial score (nSPS) is 20.2. The molecule has 0 aromatic heterocycles. The van der Waals surface area contributed by atoms with Crippen LogP contribution in [0.15, 0.2) is 24.3 Å². The third-order valence-corrected chi connectivity index (χ3v) is 3.67. The summed E-state index contributed by atoms with van der Waals surface area (Å²) in [6.45, 7) is 5.86. The first-order valence-electron chi connectivity index (χ1n) is 7.44. The highest BCUT2D eigenvalue weighted by atomic mass is 16.5. The molecule has 0 bridgehead atoms. The van der Waals surface area contributed by atoms with Gasteiger partial charge in [-0.2, -0.15) is 0 Å². The van der Waals surface area contributed by atoms with E-state index in [4.69, 9.17) is 4.74 Å². The van der Waals surface area contributed by atoms with Crippen LogP contribution in [0.3, 0.4) is 0 Å². The molecule has 110 valence electrons. The molecule has 2 unspecified atom stereocenters. The fourth-order valence-corrected chi connectivity index (χ4v) is 2.43. The van der Waals surface area contributed by atoms with Crippen LogP contribution in [0.2, 0.25) is 0 Å². The van der Waals surface area contributed by atoms with E-state index >= 15 is 0 Å². The van der Waals surface area contributed by atoms with Crippen LogP contribution in [-0.2, 0) is 4.79 Å². The summed E-state index contributed by atoms with van der Waals surface area (Å²) in [5.41, 5.74) is 1.05. The number of hydrogen-bond acceptors (Lipinski definition) is 3. The maximum atomic E-state index is 12.3. The quantitative estimate of drug-likeness (QED) is 0.865. The van der Waals surface area contributed by atoms with Gasteiger partial charge < -0.3 is 15.4 Å². The predicted octanol–water partition coefficient (Wildman–Crippen LogP) is 2.02. The molecule has 1 heterocycles. The van der Waals surface area contributed by atoms with Gasteiger partial charge in [-0.3, -0.25) is 4.79 Å². The fourth-order valence-electron chi connectivity index (χ4n) is 2.43. The Morgan fingerprint density at radius 2 is 2.30 bits per heavy atom. The van der Waals surface area contributed by atoms with Crippen molar-refractivity contribution < 1.29 is 9.53 Å². The number of ether oxygens (including phenoxy) is 1. The zero-order chi connectivity index (χ0) is 14.4. The highest BCUT2D eigenvalue weighted by molar-refractivity contribution is 5.81. The molecular weight excluding hydrogens is 252 g/mol. The largest absolute Gasteiger partial charge is 0.480 e. The Morgan fingerprint density at radius 3 is 2.95 bits per heavy atom. The van der Waals surface area contributed by atoms with Crippen molar-refractivity contribution in [3.63, 3.8) is 0 Å². The number of benzene rings is 1. The Balaban J connectivity index is 1.93. The van der Waals surface area contributed by atoms with Gasteiger partial charge in [-0.15, -0.1) is 0 Å². The van der Waals surface area contributed by atoms with Crippen LogP contribution in [0.5, 0.6) is 5.75 Å². The van der Waals surface area contributed by atoms with E-state index in [0.29, 0.717) is 6.42 Å². The number of amides is 1. The molecule has 1 aromatic carbocycles. The minimum atomic E-state index is -0.418. The number of hydrogen-bond donors (Lipinski definition) is 2. The second kappa shape index (κ2) is 7.29. The molecule has 1 saturated heterocycles. The summed E-state index contributed by atoms with van der Waals surface area (Å²) < 4.78 is 5.87. The lowest BCUT2D eigenvalue weighted by atomic mass is 10.1. The van der Waals surface area contributed by atoms with Crippen molar-refractivity contribution in [2.24, 2.45) is 0 Å². The first-order valence-corrected chi connectivity index (χ1v) is 7.44. The standard InChI is InChI=1S/C16H24N2O2/c1-3-14(20-15-9-5-4-7-12(15)2)16(19)18-13-8-6-10-17-11-13/h4-5,7,9,13-14,17H,3,6,8,10-11H2,1-2H3,(H,18,19). The van der Waals surface area contributed by atoms with Crippen LogP contribution in [0, 0.1) is 6.92 Å². The molecule has 4 heteroatoms. The Hall–Kier alpha value is -1.55. The number of nitrogens with one attached hydrogen (secondary N) is 2. The Bertz CT molecular complexity index is 442. The van der Waals surface area contributed by atoms with Crippen LogP contribution >= 0.6 is 0 Å². The number of para-hydroxylation sites is 1. The van der Waals surface area contributed by atoms with E-state index in [0.717, 1.165) is 37.2 Å². The topological polar surface area (TPSA) is 50.4 Å². The minimum absolute atomic E-state index is 0.00977. The molecule has 2 rings (SSSR count). The van der Waals surface area contributed by atoms with Crippen molar-refractivity contribution in [1.29, 1.82) is 0 Å². The van der Waals surface area contributed by atoms with Crippen molar-refractivity contribution in [3.8, 4) is 5.75 Å². The maximum Gasteiger partial charge on any atom is 0.261 e. The molecule has 0 spiro atoms. The number of rotatable bonds is 5. The van der Waals surface area contributed by atoms with E-state index in [1.54, 1.807) is 0 Å². The third-order valence-electron chi connectivity index (χ3n) is 3.67. The second-order valence-corrected chi connectivity index (χ2v) is 5.33. The van der Waals surface area contributed by atoms with Crippen molar-refractivity contribution in [2.45, 2.75) is 45.3 Å². The zero-order valence-corrected chi connectivity index (χ0v) is 12.3. The van der Waals surface area contributed by atoms with Crippen molar-refractivity contribution in [1.82, 2.24) is 10.6 Å². The zero-order valence-electron chi connectivity index (χ0n) is 12.3. The van der Waals surface area contributed by atoms with E-state index in [2.05, 4.69) is 10.6 Å². The van der Waals surface area contributed by atoms with Gasteiger partial charge in [0.25, 0.3) is 5.91 Å². The molecule has 0 saturated carbocycles. The summed E-state index contributed by atoms with van der Waals surface area (Å²) in [5, 5.41) is 6.38. The highest BCUT2D eigenvalue weighted by Crippen LogP contribution is 2.19. The molecule has 4 nitrogen and oxygen atoms in total. The first kappa shape index (κ1) is 14.9. The summed E-state index contributed by atoms with van der Waals surface area (Å²) in [7, 11) is 0. The van der Waals surface area contributed by atoms with Gasteiger partial charge in [-0.1, -0.05) is 25.1 Å². The van der Waals surface area contributed by atoms with E-state index < -0.39 is 6.10 Å². The minimum Gasteiger partial charge on any atom is -0.480 e. The Morgan fingerprint density at radius 1 is 1.50 bits per heavy atom. The summed E-state index contributed by atoms with van der Waals surface area (Å²) in [6.07, 6.45) is 2.40. The van der Waals surface area contributed by atoms with E-state index in [-0.39, 0.29) is 11.9 Å². The molecule has 2 atom stereocenters. The second-order valence-electron chi connectivity index (χ2n) is 5.33. The van der Waals surface area contributed by atoms with Crippen LogP contribution < -0.4 is 15.4 Å². The number of carbonyl (C=O) groups excluding carboxylic acids is 1. The van der Waals surface area contributed by atoms with Gasteiger partial charge >= 0.3 is 0 Å². The maximum absolute atomic E-state index is 12.3. The monoisotopic (exact) mass is 276 g/mol. The summed E-state index contributed by atoms with van der Waals surface area (Å²) >= 11 is 0.